The average Bonchev–Trinajstić information content (AvgIpc) is 3.33. The number of carbonyl (C=O) groups excluding carboxylic acids is 2. The van der Waals surface area contributed by atoms with Crippen molar-refractivity contribution in [2.75, 3.05) is 61.6 Å². The highest BCUT2D eigenvalue weighted by atomic mass is 16.5. The standard InChI is InChI=1S/C25H28N4O5/c1-32-24(31)19-16-18(28-12-14-33-15-13-28)6-7-20(19)26-23(30)17-8-10-29(11-9-17)25-27-21-4-2-3-5-22(21)34-25/h2-7,16-17H,8-15H2,1H3,(H,26,30). The maximum Gasteiger partial charge on any atom is 0.340 e. The van der Waals surface area contributed by atoms with E-state index < -0.39 is 5.97 Å². The molecule has 9 heteroatoms. The van der Waals surface area contributed by atoms with Crippen LogP contribution in [0.5, 0.6) is 0 Å². The SMILES string of the molecule is COC(=O)c1cc(N2CCOCC2)ccc1NC(=O)C1CCN(c2nc3ccccc3o2)CC1. The van der Waals surface area contributed by atoms with Gasteiger partial charge in [-0.3, -0.25) is 4.79 Å². The van der Waals surface area contributed by atoms with Gasteiger partial charge >= 0.3 is 5.97 Å². The lowest BCUT2D eigenvalue weighted by atomic mass is 9.96. The number of nitrogens with zero attached hydrogens (tertiary/aromatic N) is 3. The van der Waals surface area contributed by atoms with Crippen LogP contribution in [0.2, 0.25) is 0 Å². The number of fused-ring (bicyclic) bond motifs is 1. The summed E-state index contributed by atoms with van der Waals surface area (Å²) in [6.45, 7) is 4.15. The number of para-hydroxylation sites is 2. The van der Waals surface area contributed by atoms with E-state index in [-0.39, 0.29) is 11.8 Å². The normalized spacial score (nSPS) is 17.1. The molecule has 0 bridgehead atoms. The Labute approximate surface area is 197 Å². The van der Waals surface area contributed by atoms with Gasteiger partial charge in [-0.2, -0.15) is 4.98 Å². The molecule has 5 rings (SSSR count). The van der Waals surface area contributed by atoms with Crippen LogP contribution in [0, 0.1) is 5.92 Å². The van der Waals surface area contributed by atoms with Crippen molar-refractivity contribution in [2.24, 2.45) is 5.92 Å². The minimum atomic E-state index is -0.476. The van der Waals surface area contributed by atoms with Gasteiger partial charge in [-0.25, -0.2) is 4.79 Å². The molecule has 2 saturated heterocycles. The number of amides is 1. The number of ether oxygens (including phenoxy) is 2. The van der Waals surface area contributed by atoms with Gasteiger partial charge in [-0.1, -0.05) is 12.1 Å². The van der Waals surface area contributed by atoms with Crippen molar-refractivity contribution in [3.8, 4) is 0 Å². The van der Waals surface area contributed by atoms with Gasteiger partial charge < -0.3 is 29.0 Å². The van der Waals surface area contributed by atoms with Crippen LogP contribution in [0.3, 0.4) is 0 Å². The first-order valence-corrected chi connectivity index (χ1v) is 11.6. The Hall–Kier alpha value is -3.59. The number of aromatic nitrogens is 1. The minimum Gasteiger partial charge on any atom is -0.465 e. The molecular formula is C25H28N4O5. The van der Waals surface area contributed by atoms with Gasteiger partial charge in [-0.05, 0) is 43.2 Å². The van der Waals surface area contributed by atoms with Crippen molar-refractivity contribution in [1.29, 1.82) is 0 Å². The van der Waals surface area contributed by atoms with Crippen LogP contribution in [0.4, 0.5) is 17.4 Å². The molecule has 2 aliphatic heterocycles. The predicted octanol–water partition coefficient (Wildman–Crippen LogP) is 3.31. The zero-order valence-electron chi connectivity index (χ0n) is 19.2. The number of rotatable bonds is 5. The molecule has 1 aromatic heterocycles. The second kappa shape index (κ2) is 9.72. The fourth-order valence-corrected chi connectivity index (χ4v) is 4.50. The third-order valence-corrected chi connectivity index (χ3v) is 6.46. The quantitative estimate of drug-likeness (QED) is 0.575. The van der Waals surface area contributed by atoms with Crippen LogP contribution >= 0.6 is 0 Å². The lowest BCUT2D eigenvalue weighted by molar-refractivity contribution is -0.120. The molecule has 0 atom stereocenters. The van der Waals surface area contributed by atoms with E-state index in [2.05, 4.69) is 20.1 Å². The highest BCUT2D eigenvalue weighted by molar-refractivity contribution is 6.02. The number of oxazole rings is 1. The smallest absolute Gasteiger partial charge is 0.340 e. The second-order valence-electron chi connectivity index (χ2n) is 8.54. The number of benzene rings is 2. The summed E-state index contributed by atoms with van der Waals surface area (Å²) >= 11 is 0. The zero-order chi connectivity index (χ0) is 23.5. The van der Waals surface area contributed by atoms with Gasteiger partial charge in [0.1, 0.15) is 5.52 Å². The van der Waals surface area contributed by atoms with Gasteiger partial charge in [0.05, 0.1) is 31.6 Å². The van der Waals surface area contributed by atoms with Crippen LogP contribution in [0.25, 0.3) is 11.1 Å². The Morgan fingerprint density at radius 2 is 1.79 bits per heavy atom. The molecule has 3 aromatic rings. The lowest BCUT2D eigenvalue weighted by Crippen LogP contribution is -2.38. The number of morpholine rings is 1. The number of carbonyl (C=O) groups is 2. The molecule has 2 aromatic carbocycles. The number of methoxy groups -OCH3 is 1. The van der Waals surface area contributed by atoms with Crippen molar-refractivity contribution in [1.82, 2.24) is 4.98 Å². The number of piperidine rings is 1. The Kier molecular flexibility index (Phi) is 6.35. The largest absolute Gasteiger partial charge is 0.465 e. The molecule has 2 fully saturated rings. The first-order valence-electron chi connectivity index (χ1n) is 11.6. The number of hydrogen-bond acceptors (Lipinski definition) is 8. The highest BCUT2D eigenvalue weighted by Crippen LogP contribution is 2.29. The number of hydrogen-bond donors (Lipinski definition) is 1. The summed E-state index contributed by atoms with van der Waals surface area (Å²) in [5, 5.41) is 2.96. The van der Waals surface area contributed by atoms with Crippen molar-refractivity contribution >= 4 is 40.4 Å². The molecule has 0 unspecified atom stereocenters. The van der Waals surface area contributed by atoms with Crippen LogP contribution in [0.1, 0.15) is 23.2 Å². The summed E-state index contributed by atoms with van der Waals surface area (Å²) in [6, 6.07) is 13.7. The Bertz CT molecular complexity index is 1150. The number of anilines is 3. The van der Waals surface area contributed by atoms with E-state index >= 15 is 0 Å². The number of esters is 1. The maximum absolute atomic E-state index is 13.1. The Balaban J connectivity index is 1.25. The monoisotopic (exact) mass is 464 g/mol. The van der Waals surface area contributed by atoms with Crippen LogP contribution in [0.15, 0.2) is 46.9 Å². The van der Waals surface area contributed by atoms with Gasteiger partial charge in [0.15, 0.2) is 5.58 Å². The Morgan fingerprint density at radius 1 is 1.03 bits per heavy atom. The molecular weight excluding hydrogens is 436 g/mol. The van der Waals surface area contributed by atoms with E-state index in [1.807, 2.05) is 30.3 Å². The van der Waals surface area contributed by atoms with Crippen LogP contribution < -0.4 is 15.1 Å². The highest BCUT2D eigenvalue weighted by Gasteiger charge is 2.28. The predicted molar refractivity (Wildman–Crippen MR) is 128 cm³/mol. The number of nitrogens with one attached hydrogen (secondary N) is 1. The Morgan fingerprint density at radius 3 is 2.53 bits per heavy atom. The molecule has 0 saturated carbocycles. The summed E-state index contributed by atoms with van der Waals surface area (Å²) in [6.07, 6.45) is 1.34. The fourth-order valence-electron chi connectivity index (χ4n) is 4.50. The molecule has 1 N–H and O–H groups in total. The molecule has 3 heterocycles. The molecule has 0 aliphatic carbocycles. The lowest BCUT2D eigenvalue weighted by Gasteiger charge is -2.30. The van der Waals surface area contributed by atoms with E-state index in [1.165, 1.54) is 7.11 Å². The average molecular weight is 465 g/mol. The van der Waals surface area contributed by atoms with E-state index in [1.54, 1.807) is 12.1 Å². The molecule has 9 nitrogen and oxygen atoms in total. The van der Waals surface area contributed by atoms with Crippen LogP contribution in [-0.4, -0.2) is 63.4 Å². The summed E-state index contributed by atoms with van der Waals surface area (Å²) in [5.41, 5.74) is 3.31. The summed E-state index contributed by atoms with van der Waals surface area (Å²) in [5.74, 6) is -0.734. The van der Waals surface area contributed by atoms with E-state index in [4.69, 9.17) is 13.9 Å². The molecule has 178 valence electrons. The van der Waals surface area contributed by atoms with Gasteiger partial charge in [-0.15, -0.1) is 0 Å². The van der Waals surface area contributed by atoms with E-state index in [9.17, 15) is 9.59 Å². The maximum atomic E-state index is 13.1. The van der Waals surface area contributed by atoms with Crippen molar-refractivity contribution in [3.05, 3.63) is 48.0 Å². The third-order valence-electron chi connectivity index (χ3n) is 6.46. The molecule has 0 radical (unpaired) electrons. The van der Waals surface area contributed by atoms with Gasteiger partial charge in [0.2, 0.25) is 5.91 Å². The van der Waals surface area contributed by atoms with Gasteiger partial charge in [0, 0.05) is 37.8 Å². The second-order valence-corrected chi connectivity index (χ2v) is 8.54. The van der Waals surface area contributed by atoms with E-state index in [0.29, 0.717) is 56.4 Å². The fraction of sp³-hybridized carbons (Fsp3) is 0.400. The topological polar surface area (TPSA) is 97.1 Å². The summed E-state index contributed by atoms with van der Waals surface area (Å²) in [7, 11) is 1.34. The molecule has 2 aliphatic rings. The van der Waals surface area contributed by atoms with Crippen molar-refractivity contribution < 1.29 is 23.5 Å². The van der Waals surface area contributed by atoms with Crippen LogP contribution in [-0.2, 0) is 14.3 Å². The van der Waals surface area contributed by atoms with Gasteiger partial charge in [0.25, 0.3) is 6.01 Å². The van der Waals surface area contributed by atoms with E-state index in [0.717, 1.165) is 29.9 Å². The molecule has 1 amide bonds. The van der Waals surface area contributed by atoms with Crippen molar-refractivity contribution in [3.63, 3.8) is 0 Å². The minimum absolute atomic E-state index is 0.0958. The summed E-state index contributed by atoms with van der Waals surface area (Å²) < 4.78 is 16.3. The molecule has 34 heavy (non-hydrogen) atoms. The first-order chi connectivity index (χ1) is 16.6. The molecule has 0 spiro atoms. The first kappa shape index (κ1) is 22.2. The zero-order valence-corrected chi connectivity index (χ0v) is 19.2. The van der Waals surface area contributed by atoms with Crippen molar-refractivity contribution in [2.45, 2.75) is 12.8 Å². The third kappa shape index (κ3) is 4.56. The summed E-state index contributed by atoms with van der Waals surface area (Å²) in [4.78, 5) is 34.3.